The number of ether oxygens (including phenoxy) is 2. The number of phenolic OH excluding ortho intramolecular Hbond substituents is 1. The minimum atomic E-state index is -0.614. The number of hydrogen-bond acceptors (Lipinski definition) is 5. The molecule has 0 saturated carbocycles. The molecule has 1 heterocycles. The molecular formula is C11H15NO4. The smallest absolute Gasteiger partial charge is 0.164 e. The Morgan fingerprint density at radius 3 is 2.50 bits per heavy atom. The van der Waals surface area contributed by atoms with Crippen molar-refractivity contribution in [2.45, 2.75) is 12.5 Å². The van der Waals surface area contributed by atoms with Gasteiger partial charge < -0.3 is 25.4 Å². The lowest BCUT2D eigenvalue weighted by atomic mass is 10.1. The summed E-state index contributed by atoms with van der Waals surface area (Å²) in [6.45, 7) is 0.913. The van der Waals surface area contributed by atoms with Gasteiger partial charge in [-0.2, -0.15) is 0 Å². The van der Waals surface area contributed by atoms with Crippen molar-refractivity contribution in [3.8, 4) is 17.2 Å². The molecule has 1 aromatic carbocycles. The highest BCUT2D eigenvalue weighted by atomic mass is 16.5. The molecule has 0 bridgehead atoms. The molecule has 0 aliphatic carbocycles. The van der Waals surface area contributed by atoms with E-state index >= 15 is 0 Å². The highest BCUT2D eigenvalue weighted by molar-refractivity contribution is 5.51. The van der Waals surface area contributed by atoms with Gasteiger partial charge in [0, 0.05) is 18.1 Å². The monoisotopic (exact) mass is 225 g/mol. The first-order valence-corrected chi connectivity index (χ1v) is 5.21. The standard InChI is InChI=1S/C11H15NO4/c12-8(6-13)7-4-10-11(5-9(7)14)16-3-1-2-15-10/h4-5,8,13-14H,1-3,6,12H2. The van der Waals surface area contributed by atoms with E-state index in [0.717, 1.165) is 6.42 Å². The molecule has 1 atom stereocenters. The van der Waals surface area contributed by atoms with Crippen molar-refractivity contribution in [3.05, 3.63) is 17.7 Å². The summed E-state index contributed by atoms with van der Waals surface area (Å²) >= 11 is 0. The number of phenols is 1. The minimum absolute atomic E-state index is 0.0193. The van der Waals surface area contributed by atoms with Crippen molar-refractivity contribution >= 4 is 0 Å². The van der Waals surface area contributed by atoms with Crippen LogP contribution in [0, 0.1) is 0 Å². The summed E-state index contributed by atoms with van der Waals surface area (Å²) in [6, 6.07) is 2.49. The topological polar surface area (TPSA) is 84.9 Å². The van der Waals surface area contributed by atoms with Gasteiger partial charge in [-0.15, -0.1) is 0 Å². The van der Waals surface area contributed by atoms with E-state index in [1.165, 1.54) is 6.07 Å². The van der Waals surface area contributed by atoms with Crippen LogP contribution in [0.25, 0.3) is 0 Å². The zero-order valence-corrected chi connectivity index (χ0v) is 8.85. The van der Waals surface area contributed by atoms with Crippen molar-refractivity contribution in [3.63, 3.8) is 0 Å². The molecule has 88 valence electrons. The van der Waals surface area contributed by atoms with Crippen molar-refractivity contribution < 1.29 is 19.7 Å². The molecule has 0 saturated heterocycles. The van der Waals surface area contributed by atoms with E-state index in [1.54, 1.807) is 6.07 Å². The van der Waals surface area contributed by atoms with Crippen molar-refractivity contribution in [1.29, 1.82) is 0 Å². The van der Waals surface area contributed by atoms with Crippen LogP contribution in [-0.4, -0.2) is 30.0 Å². The average molecular weight is 225 g/mol. The zero-order chi connectivity index (χ0) is 11.5. The van der Waals surface area contributed by atoms with Gasteiger partial charge in [0.2, 0.25) is 0 Å². The number of rotatable bonds is 2. The number of fused-ring (bicyclic) bond motifs is 1. The summed E-state index contributed by atoms with van der Waals surface area (Å²) in [7, 11) is 0. The summed E-state index contributed by atoms with van der Waals surface area (Å²) < 4.78 is 10.9. The third kappa shape index (κ3) is 2.05. The van der Waals surface area contributed by atoms with Crippen molar-refractivity contribution in [1.82, 2.24) is 0 Å². The van der Waals surface area contributed by atoms with Crippen LogP contribution in [0.4, 0.5) is 0 Å². The number of aromatic hydroxyl groups is 1. The van der Waals surface area contributed by atoms with Gasteiger partial charge in [0.1, 0.15) is 5.75 Å². The van der Waals surface area contributed by atoms with Gasteiger partial charge in [-0.3, -0.25) is 0 Å². The molecule has 1 aromatic rings. The molecular weight excluding hydrogens is 210 g/mol. The van der Waals surface area contributed by atoms with Crippen LogP contribution in [0.15, 0.2) is 12.1 Å². The number of nitrogens with two attached hydrogens (primary N) is 1. The predicted octanol–water partition coefficient (Wildman–Crippen LogP) is 0.546. The largest absolute Gasteiger partial charge is 0.507 e. The molecule has 0 fully saturated rings. The fourth-order valence-electron chi connectivity index (χ4n) is 1.61. The molecule has 16 heavy (non-hydrogen) atoms. The average Bonchev–Trinajstić information content (AvgIpc) is 2.51. The van der Waals surface area contributed by atoms with Gasteiger partial charge in [-0.25, -0.2) is 0 Å². The highest BCUT2D eigenvalue weighted by Crippen LogP contribution is 2.37. The van der Waals surface area contributed by atoms with Crippen molar-refractivity contribution in [2.24, 2.45) is 5.73 Å². The Hall–Kier alpha value is -1.46. The summed E-state index contributed by atoms with van der Waals surface area (Å²) in [5, 5.41) is 18.7. The Morgan fingerprint density at radius 2 is 1.88 bits per heavy atom. The maximum Gasteiger partial charge on any atom is 0.164 e. The Morgan fingerprint density at radius 1 is 1.25 bits per heavy atom. The van der Waals surface area contributed by atoms with E-state index in [1.807, 2.05) is 0 Å². The first-order valence-electron chi connectivity index (χ1n) is 5.21. The number of aliphatic hydroxyl groups is 1. The van der Waals surface area contributed by atoms with Gasteiger partial charge in [-0.1, -0.05) is 0 Å². The van der Waals surface area contributed by atoms with Gasteiger partial charge in [-0.05, 0) is 6.07 Å². The SMILES string of the molecule is NC(CO)c1cc2c(cc1O)OCCCO2. The quantitative estimate of drug-likeness (QED) is 0.684. The Labute approximate surface area is 93.4 Å². The second-order valence-corrected chi connectivity index (χ2v) is 3.70. The normalized spacial score (nSPS) is 16.6. The molecule has 2 rings (SSSR count). The third-order valence-electron chi connectivity index (χ3n) is 2.49. The van der Waals surface area contributed by atoms with Gasteiger partial charge >= 0.3 is 0 Å². The van der Waals surface area contributed by atoms with Gasteiger partial charge in [0.05, 0.1) is 25.9 Å². The van der Waals surface area contributed by atoms with E-state index in [9.17, 15) is 5.11 Å². The molecule has 5 nitrogen and oxygen atoms in total. The number of hydrogen-bond donors (Lipinski definition) is 3. The lowest BCUT2D eigenvalue weighted by Crippen LogP contribution is -2.14. The fraction of sp³-hybridized carbons (Fsp3) is 0.455. The van der Waals surface area contributed by atoms with E-state index in [0.29, 0.717) is 30.3 Å². The molecule has 0 radical (unpaired) electrons. The summed E-state index contributed by atoms with van der Waals surface area (Å²) in [5.41, 5.74) is 6.13. The maximum absolute atomic E-state index is 9.73. The third-order valence-corrected chi connectivity index (χ3v) is 2.49. The summed E-state index contributed by atoms with van der Waals surface area (Å²) in [6.07, 6.45) is 0.802. The molecule has 0 aromatic heterocycles. The maximum atomic E-state index is 9.73. The summed E-state index contributed by atoms with van der Waals surface area (Å²) in [4.78, 5) is 0. The molecule has 4 N–H and O–H groups in total. The minimum Gasteiger partial charge on any atom is -0.507 e. The first kappa shape index (κ1) is 11.0. The van der Waals surface area contributed by atoms with Crippen LogP contribution in [0.1, 0.15) is 18.0 Å². The predicted molar refractivity (Wildman–Crippen MR) is 57.7 cm³/mol. The Bertz CT molecular complexity index is 380. The van der Waals surface area contributed by atoms with Crippen LogP contribution in [0.2, 0.25) is 0 Å². The van der Waals surface area contributed by atoms with E-state index in [2.05, 4.69) is 0 Å². The lowest BCUT2D eigenvalue weighted by molar-refractivity contribution is 0.264. The summed E-state index contributed by atoms with van der Waals surface area (Å²) in [5.74, 6) is 1.10. The van der Waals surface area contributed by atoms with E-state index in [-0.39, 0.29) is 12.4 Å². The molecule has 5 heteroatoms. The van der Waals surface area contributed by atoms with Crippen LogP contribution >= 0.6 is 0 Å². The van der Waals surface area contributed by atoms with Crippen molar-refractivity contribution in [2.75, 3.05) is 19.8 Å². The van der Waals surface area contributed by atoms with Crippen LogP contribution in [-0.2, 0) is 0 Å². The molecule has 1 unspecified atom stereocenters. The van der Waals surface area contributed by atoms with Crippen LogP contribution in [0.3, 0.4) is 0 Å². The van der Waals surface area contributed by atoms with Gasteiger partial charge in [0.15, 0.2) is 11.5 Å². The number of aliphatic hydroxyl groups excluding tert-OH is 1. The molecule has 1 aliphatic heterocycles. The van der Waals surface area contributed by atoms with Crippen LogP contribution < -0.4 is 15.2 Å². The second-order valence-electron chi connectivity index (χ2n) is 3.70. The molecule has 0 spiro atoms. The fourth-order valence-corrected chi connectivity index (χ4v) is 1.61. The Balaban J connectivity index is 2.38. The first-order chi connectivity index (χ1) is 7.72. The second kappa shape index (κ2) is 4.59. The molecule has 1 aliphatic rings. The van der Waals surface area contributed by atoms with E-state index < -0.39 is 6.04 Å². The number of benzene rings is 1. The highest BCUT2D eigenvalue weighted by Gasteiger charge is 2.17. The Kier molecular flexibility index (Phi) is 3.17. The lowest BCUT2D eigenvalue weighted by Gasteiger charge is -2.14. The van der Waals surface area contributed by atoms with Crippen LogP contribution in [0.5, 0.6) is 17.2 Å². The zero-order valence-electron chi connectivity index (χ0n) is 8.85. The van der Waals surface area contributed by atoms with E-state index in [4.69, 9.17) is 20.3 Å². The van der Waals surface area contributed by atoms with Gasteiger partial charge in [0.25, 0.3) is 0 Å². The molecule has 0 amide bonds.